The summed E-state index contributed by atoms with van der Waals surface area (Å²) in [6.07, 6.45) is 7.26. The van der Waals surface area contributed by atoms with Gasteiger partial charge >= 0.3 is 0 Å². The van der Waals surface area contributed by atoms with Crippen LogP contribution in [-0.2, 0) is 17.6 Å². The monoisotopic (exact) mass is 272 g/mol. The van der Waals surface area contributed by atoms with Gasteiger partial charge in [0.15, 0.2) is 0 Å². The second kappa shape index (κ2) is 5.57. The zero-order chi connectivity index (χ0) is 14.0. The molecular formula is C17H24N2O. The summed E-state index contributed by atoms with van der Waals surface area (Å²) in [7, 11) is 0. The van der Waals surface area contributed by atoms with E-state index in [9.17, 15) is 4.79 Å². The summed E-state index contributed by atoms with van der Waals surface area (Å²) < 4.78 is 0. The molecule has 3 N–H and O–H groups in total. The zero-order valence-electron chi connectivity index (χ0n) is 12.0. The first-order chi connectivity index (χ1) is 9.73. The predicted octanol–water partition coefficient (Wildman–Crippen LogP) is 2.18. The molecule has 2 aliphatic rings. The van der Waals surface area contributed by atoms with Crippen LogP contribution in [0.4, 0.5) is 0 Å². The molecule has 1 saturated carbocycles. The molecule has 0 bridgehead atoms. The molecule has 2 aliphatic carbocycles. The third kappa shape index (κ3) is 2.47. The van der Waals surface area contributed by atoms with E-state index in [2.05, 4.69) is 29.6 Å². The van der Waals surface area contributed by atoms with Gasteiger partial charge in [-0.3, -0.25) is 4.79 Å². The van der Waals surface area contributed by atoms with Crippen LogP contribution >= 0.6 is 0 Å². The maximum Gasteiger partial charge on any atom is 0.227 e. The number of fused-ring (bicyclic) bond motifs is 1. The Hall–Kier alpha value is -1.35. The number of hydrogen-bond donors (Lipinski definition) is 2. The van der Waals surface area contributed by atoms with Crippen molar-refractivity contribution in [2.24, 2.45) is 11.1 Å². The van der Waals surface area contributed by atoms with E-state index in [1.54, 1.807) is 0 Å². The molecule has 0 aliphatic heterocycles. The highest BCUT2D eigenvalue weighted by Gasteiger charge is 2.40. The first kappa shape index (κ1) is 13.6. The number of nitrogens with two attached hydrogens (primary N) is 1. The van der Waals surface area contributed by atoms with Gasteiger partial charge in [0.05, 0.1) is 5.41 Å². The summed E-state index contributed by atoms with van der Waals surface area (Å²) in [6.45, 7) is 0.488. The molecule has 0 aromatic heterocycles. The molecule has 0 spiro atoms. The second-order valence-corrected chi connectivity index (χ2v) is 6.37. The molecule has 1 aromatic rings. The Bertz CT molecular complexity index is 492. The van der Waals surface area contributed by atoms with Crippen molar-refractivity contribution in [1.29, 1.82) is 0 Å². The van der Waals surface area contributed by atoms with Crippen LogP contribution in [0, 0.1) is 5.41 Å². The van der Waals surface area contributed by atoms with Crippen molar-refractivity contribution in [3.8, 4) is 0 Å². The van der Waals surface area contributed by atoms with Gasteiger partial charge in [0.1, 0.15) is 0 Å². The lowest BCUT2D eigenvalue weighted by atomic mass is 9.83. The Morgan fingerprint density at radius 3 is 2.65 bits per heavy atom. The fraction of sp³-hybridized carbons (Fsp3) is 0.588. The van der Waals surface area contributed by atoms with Crippen molar-refractivity contribution in [1.82, 2.24) is 5.32 Å². The Balaban J connectivity index is 1.66. The molecule has 0 saturated heterocycles. The lowest BCUT2D eigenvalue weighted by molar-refractivity contribution is -0.131. The van der Waals surface area contributed by atoms with Gasteiger partial charge in [0, 0.05) is 12.6 Å². The number of hydrogen-bond acceptors (Lipinski definition) is 2. The molecule has 20 heavy (non-hydrogen) atoms. The molecule has 3 nitrogen and oxygen atoms in total. The van der Waals surface area contributed by atoms with Crippen LogP contribution in [0.2, 0.25) is 0 Å². The van der Waals surface area contributed by atoms with E-state index in [-0.39, 0.29) is 17.4 Å². The lowest BCUT2D eigenvalue weighted by Gasteiger charge is -2.31. The molecule has 1 fully saturated rings. The van der Waals surface area contributed by atoms with E-state index < -0.39 is 0 Å². The van der Waals surface area contributed by atoms with E-state index in [0.29, 0.717) is 6.54 Å². The molecular weight excluding hydrogens is 248 g/mol. The summed E-state index contributed by atoms with van der Waals surface area (Å²) in [5.41, 5.74) is 8.43. The number of amides is 1. The molecule has 1 aromatic carbocycles. The van der Waals surface area contributed by atoms with Gasteiger partial charge in [-0.05, 0) is 43.2 Å². The number of rotatable bonds is 3. The summed E-state index contributed by atoms with van der Waals surface area (Å²) in [5, 5.41) is 3.27. The van der Waals surface area contributed by atoms with Crippen LogP contribution in [-0.4, -0.2) is 18.5 Å². The van der Waals surface area contributed by atoms with E-state index in [0.717, 1.165) is 44.9 Å². The zero-order valence-corrected chi connectivity index (χ0v) is 12.0. The molecule has 3 rings (SSSR count). The fourth-order valence-corrected chi connectivity index (χ4v) is 3.74. The maximum atomic E-state index is 12.6. The SMILES string of the molecule is NCC1(C(=O)NC2CCc3ccccc3C2)CCCC1. The quantitative estimate of drug-likeness (QED) is 0.886. The Kier molecular flexibility index (Phi) is 3.79. The third-order valence-electron chi connectivity index (χ3n) is 5.12. The highest BCUT2D eigenvalue weighted by Crippen LogP contribution is 2.37. The first-order valence-corrected chi connectivity index (χ1v) is 7.81. The smallest absolute Gasteiger partial charge is 0.227 e. The molecule has 3 heteroatoms. The van der Waals surface area contributed by atoms with Gasteiger partial charge in [-0.1, -0.05) is 37.1 Å². The van der Waals surface area contributed by atoms with Crippen LogP contribution < -0.4 is 11.1 Å². The van der Waals surface area contributed by atoms with Crippen LogP contribution in [0.25, 0.3) is 0 Å². The number of carbonyl (C=O) groups is 1. The summed E-state index contributed by atoms with van der Waals surface area (Å²) in [5.74, 6) is 0.196. The number of benzene rings is 1. The van der Waals surface area contributed by atoms with Gasteiger partial charge in [-0.2, -0.15) is 0 Å². The molecule has 1 amide bonds. The fourth-order valence-electron chi connectivity index (χ4n) is 3.74. The number of aryl methyl sites for hydroxylation is 1. The minimum Gasteiger partial charge on any atom is -0.353 e. The Morgan fingerprint density at radius 1 is 1.25 bits per heavy atom. The van der Waals surface area contributed by atoms with Gasteiger partial charge < -0.3 is 11.1 Å². The van der Waals surface area contributed by atoms with E-state index in [4.69, 9.17) is 5.73 Å². The Morgan fingerprint density at radius 2 is 1.95 bits per heavy atom. The number of carbonyl (C=O) groups excluding carboxylic acids is 1. The lowest BCUT2D eigenvalue weighted by Crippen LogP contribution is -2.49. The predicted molar refractivity (Wildman–Crippen MR) is 80.4 cm³/mol. The normalized spacial score (nSPS) is 24.1. The molecule has 108 valence electrons. The standard InChI is InChI=1S/C17H24N2O/c18-12-17(9-3-4-10-17)16(20)19-15-8-7-13-5-1-2-6-14(13)11-15/h1-2,5-6,15H,3-4,7-12,18H2,(H,19,20). The van der Waals surface area contributed by atoms with Crippen molar-refractivity contribution in [3.63, 3.8) is 0 Å². The van der Waals surface area contributed by atoms with Crippen molar-refractivity contribution in [3.05, 3.63) is 35.4 Å². The van der Waals surface area contributed by atoms with Gasteiger partial charge in [-0.25, -0.2) is 0 Å². The minimum absolute atomic E-state index is 0.196. The van der Waals surface area contributed by atoms with Crippen molar-refractivity contribution < 1.29 is 4.79 Å². The average molecular weight is 272 g/mol. The van der Waals surface area contributed by atoms with Crippen LogP contribution in [0.15, 0.2) is 24.3 Å². The van der Waals surface area contributed by atoms with Gasteiger partial charge in [-0.15, -0.1) is 0 Å². The third-order valence-corrected chi connectivity index (χ3v) is 5.12. The Labute approximate surface area is 120 Å². The molecule has 1 unspecified atom stereocenters. The molecule has 0 radical (unpaired) electrons. The first-order valence-electron chi connectivity index (χ1n) is 7.81. The summed E-state index contributed by atoms with van der Waals surface area (Å²) in [4.78, 5) is 12.6. The van der Waals surface area contributed by atoms with Crippen LogP contribution in [0.5, 0.6) is 0 Å². The summed E-state index contributed by atoms with van der Waals surface area (Å²) in [6, 6.07) is 8.84. The molecule has 0 heterocycles. The van der Waals surface area contributed by atoms with E-state index in [1.165, 1.54) is 11.1 Å². The van der Waals surface area contributed by atoms with E-state index in [1.807, 2.05) is 0 Å². The summed E-state index contributed by atoms with van der Waals surface area (Å²) >= 11 is 0. The van der Waals surface area contributed by atoms with E-state index >= 15 is 0 Å². The average Bonchev–Trinajstić information content (AvgIpc) is 2.97. The van der Waals surface area contributed by atoms with Crippen LogP contribution in [0.3, 0.4) is 0 Å². The number of nitrogens with one attached hydrogen (secondary N) is 1. The topological polar surface area (TPSA) is 55.1 Å². The van der Waals surface area contributed by atoms with Gasteiger partial charge in [0.2, 0.25) is 5.91 Å². The molecule has 1 atom stereocenters. The highest BCUT2D eigenvalue weighted by atomic mass is 16.2. The second-order valence-electron chi connectivity index (χ2n) is 6.37. The van der Waals surface area contributed by atoms with Crippen LogP contribution in [0.1, 0.15) is 43.2 Å². The van der Waals surface area contributed by atoms with Gasteiger partial charge in [0.25, 0.3) is 0 Å². The largest absolute Gasteiger partial charge is 0.353 e. The highest BCUT2D eigenvalue weighted by molar-refractivity contribution is 5.83. The van der Waals surface area contributed by atoms with Crippen molar-refractivity contribution in [2.45, 2.75) is 51.0 Å². The van der Waals surface area contributed by atoms with Crippen molar-refractivity contribution in [2.75, 3.05) is 6.54 Å². The maximum absolute atomic E-state index is 12.6. The van der Waals surface area contributed by atoms with Crippen molar-refractivity contribution >= 4 is 5.91 Å². The minimum atomic E-state index is -0.281.